The smallest absolute Gasteiger partial charge is 0.165 e. The maximum atomic E-state index is 12.5. The van der Waals surface area contributed by atoms with Crippen LogP contribution in [-0.4, -0.2) is 33.5 Å². The number of hydrogen-bond donors (Lipinski definition) is 2. The van der Waals surface area contributed by atoms with E-state index in [9.17, 15) is 4.79 Å². The van der Waals surface area contributed by atoms with Gasteiger partial charge >= 0.3 is 0 Å². The number of nitrogens with one attached hydrogen (secondary N) is 1. The predicted molar refractivity (Wildman–Crippen MR) is 133 cm³/mol. The van der Waals surface area contributed by atoms with Gasteiger partial charge in [-0.2, -0.15) is 9.61 Å². The van der Waals surface area contributed by atoms with E-state index in [-0.39, 0.29) is 11.7 Å². The summed E-state index contributed by atoms with van der Waals surface area (Å²) in [6.45, 7) is 3.45. The van der Waals surface area contributed by atoms with E-state index < -0.39 is 0 Å². The van der Waals surface area contributed by atoms with Crippen molar-refractivity contribution in [3.05, 3.63) is 65.0 Å². The third kappa shape index (κ3) is 4.32. The Morgan fingerprint density at radius 3 is 2.73 bits per heavy atom. The van der Waals surface area contributed by atoms with Crippen molar-refractivity contribution in [3.8, 4) is 0 Å². The number of allylic oxidation sites excluding steroid dienone is 8. The first-order valence-corrected chi connectivity index (χ1v) is 12.3. The number of Topliss-reactive ketones (excluding diaryl/α,β-unsaturated/α-hetero) is 1. The van der Waals surface area contributed by atoms with Crippen molar-refractivity contribution in [2.24, 2.45) is 5.92 Å². The highest BCUT2D eigenvalue weighted by Crippen LogP contribution is 2.35. The Labute approximate surface area is 195 Å². The largest absolute Gasteiger partial charge is 0.383 e. The highest BCUT2D eigenvalue weighted by molar-refractivity contribution is 6.00. The van der Waals surface area contributed by atoms with E-state index in [2.05, 4.69) is 46.9 Å². The summed E-state index contributed by atoms with van der Waals surface area (Å²) in [5.41, 5.74) is 12.4. The lowest BCUT2D eigenvalue weighted by atomic mass is 9.86. The molecule has 0 radical (unpaired) electrons. The summed E-state index contributed by atoms with van der Waals surface area (Å²) in [6.07, 6.45) is 22.8. The Balaban J connectivity index is 1.59. The standard InChI is InChI=1S/C27H33N5O/c1-18(33)24-25(22-13-15-29-16-14-22)31-27-23(17-30-32(27)26(24)28)21-10-6-5-9-20(11-12-21)19-7-3-2-4-8-19/h2-4,7,11-12,17,19,22,29H,5-6,8-10,13-16,28H2,1H3. The van der Waals surface area contributed by atoms with Crippen LogP contribution in [0.4, 0.5) is 5.82 Å². The molecule has 1 aliphatic heterocycles. The molecule has 1 saturated heterocycles. The van der Waals surface area contributed by atoms with E-state index in [1.165, 1.54) is 17.6 Å². The number of rotatable bonds is 4. The number of aromatic nitrogens is 3. The van der Waals surface area contributed by atoms with Crippen molar-refractivity contribution in [1.82, 2.24) is 19.9 Å². The van der Waals surface area contributed by atoms with E-state index in [0.717, 1.165) is 68.5 Å². The average Bonchev–Trinajstić information content (AvgIpc) is 3.24. The lowest BCUT2D eigenvalue weighted by Crippen LogP contribution is -2.28. The summed E-state index contributed by atoms with van der Waals surface area (Å²) in [7, 11) is 0. The van der Waals surface area contributed by atoms with Gasteiger partial charge in [0.1, 0.15) is 5.82 Å². The van der Waals surface area contributed by atoms with Gasteiger partial charge in [0.25, 0.3) is 0 Å². The van der Waals surface area contributed by atoms with E-state index in [1.54, 1.807) is 11.4 Å². The lowest BCUT2D eigenvalue weighted by Gasteiger charge is -2.24. The van der Waals surface area contributed by atoms with Crippen LogP contribution < -0.4 is 11.1 Å². The number of carbonyl (C=O) groups excluding carboxylic acids is 1. The number of nitrogens with zero attached hydrogens (tertiary/aromatic N) is 3. The molecule has 0 amide bonds. The van der Waals surface area contributed by atoms with Crippen LogP contribution in [0.3, 0.4) is 0 Å². The number of carbonyl (C=O) groups is 1. The molecule has 2 aromatic rings. The van der Waals surface area contributed by atoms with Crippen molar-refractivity contribution in [2.45, 2.75) is 57.8 Å². The van der Waals surface area contributed by atoms with Gasteiger partial charge in [-0.3, -0.25) is 4.79 Å². The van der Waals surface area contributed by atoms with E-state index >= 15 is 0 Å². The van der Waals surface area contributed by atoms with Gasteiger partial charge < -0.3 is 11.1 Å². The zero-order valence-electron chi connectivity index (χ0n) is 19.4. The average molecular weight is 444 g/mol. The minimum absolute atomic E-state index is 0.0418. The third-order valence-corrected chi connectivity index (χ3v) is 7.25. The van der Waals surface area contributed by atoms with E-state index in [0.29, 0.717) is 17.3 Å². The molecule has 1 fully saturated rings. The zero-order valence-corrected chi connectivity index (χ0v) is 19.4. The summed E-state index contributed by atoms with van der Waals surface area (Å²) in [5.74, 6) is 1.10. The molecule has 0 aromatic carbocycles. The summed E-state index contributed by atoms with van der Waals surface area (Å²) < 4.78 is 1.66. The Hall–Kier alpha value is -2.99. The summed E-state index contributed by atoms with van der Waals surface area (Å²) in [5, 5.41) is 7.97. The van der Waals surface area contributed by atoms with Crippen molar-refractivity contribution in [1.29, 1.82) is 0 Å². The molecule has 5 rings (SSSR count). The number of ketones is 1. The van der Waals surface area contributed by atoms with Crippen LogP contribution in [0.15, 0.2) is 48.2 Å². The first-order valence-electron chi connectivity index (χ1n) is 12.3. The Kier molecular flexibility index (Phi) is 6.27. The fourth-order valence-electron chi connectivity index (χ4n) is 5.42. The molecule has 6 nitrogen and oxygen atoms in total. The number of nitrogens with two attached hydrogens (primary N) is 1. The topological polar surface area (TPSA) is 85.3 Å². The fourth-order valence-corrected chi connectivity index (χ4v) is 5.42. The lowest BCUT2D eigenvalue weighted by molar-refractivity contribution is 0.101. The maximum Gasteiger partial charge on any atom is 0.165 e. The zero-order chi connectivity index (χ0) is 22.8. The third-order valence-electron chi connectivity index (χ3n) is 7.25. The Morgan fingerprint density at radius 2 is 1.97 bits per heavy atom. The first kappa shape index (κ1) is 21.8. The van der Waals surface area contributed by atoms with Crippen molar-refractivity contribution >= 4 is 22.8 Å². The number of fused-ring (bicyclic) bond motifs is 1. The molecule has 33 heavy (non-hydrogen) atoms. The summed E-state index contributed by atoms with van der Waals surface area (Å²) in [6, 6.07) is 0. The van der Waals surface area contributed by atoms with E-state index in [4.69, 9.17) is 10.7 Å². The quantitative estimate of drug-likeness (QED) is 0.650. The molecular weight excluding hydrogens is 410 g/mol. The number of hydrogen-bond acceptors (Lipinski definition) is 5. The molecular formula is C27H33N5O. The monoisotopic (exact) mass is 443 g/mol. The molecule has 1 unspecified atom stereocenters. The molecule has 0 bridgehead atoms. The minimum Gasteiger partial charge on any atom is -0.383 e. The van der Waals surface area contributed by atoms with Gasteiger partial charge in [-0.05, 0) is 70.5 Å². The van der Waals surface area contributed by atoms with Crippen molar-refractivity contribution in [3.63, 3.8) is 0 Å². The van der Waals surface area contributed by atoms with Gasteiger partial charge in [-0.1, -0.05) is 42.0 Å². The molecule has 0 saturated carbocycles. The highest BCUT2D eigenvalue weighted by atomic mass is 16.1. The second-order valence-electron chi connectivity index (χ2n) is 9.43. The van der Waals surface area contributed by atoms with Crippen LogP contribution in [0.25, 0.3) is 11.2 Å². The van der Waals surface area contributed by atoms with Crippen LogP contribution in [0.5, 0.6) is 0 Å². The SMILES string of the molecule is CC(=O)c1c(C2CCNCC2)nc2c(C3=CC=C(C4C=CC=CC4)CCCC3)cnn2c1N. The van der Waals surface area contributed by atoms with Gasteiger partial charge in [0.05, 0.1) is 17.5 Å². The van der Waals surface area contributed by atoms with Gasteiger partial charge in [0.2, 0.25) is 0 Å². The van der Waals surface area contributed by atoms with Crippen LogP contribution in [0.1, 0.15) is 79.4 Å². The van der Waals surface area contributed by atoms with Gasteiger partial charge in [0, 0.05) is 17.4 Å². The first-order chi connectivity index (χ1) is 16.1. The van der Waals surface area contributed by atoms with Gasteiger partial charge in [-0.15, -0.1) is 0 Å². The van der Waals surface area contributed by atoms with Crippen LogP contribution in [0.2, 0.25) is 0 Å². The molecule has 3 aliphatic rings. The second-order valence-corrected chi connectivity index (χ2v) is 9.43. The summed E-state index contributed by atoms with van der Waals surface area (Å²) >= 11 is 0. The fraction of sp³-hybridized carbons (Fsp3) is 0.444. The summed E-state index contributed by atoms with van der Waals surface area (Å²) in [4.78, 5) is 17.6. The molecule has 1 atom stereocenters. The number of piperidine rings is 1. The normalized spacial score (nSPS) is 22.0. The predicted octanol–water partition coefficient (Wildman–Crippen LogP) is 5.00. The number of nitrogen functional groups attached to an aromatic ring is 1. The molecule has 0 spiro atoms. The van der Waals surface area contributed by atoms with Crippen molar-refractivity contribution in [2.75, 3.05) is 18.8 Å². The molecule has 172 valence electrons. The van der Waals surface area contributed by atoms with Crippen LogP contribution >= 0.6 is 0 Å². The maximum absolute atomic E-state index is 12.5. The second kappa shape index (κ2) is 9.48. The molecule has 6 heteroatoms. The molecule has 2 aliphatic carbocycles. The molecule has 2 aromatic heterocycles. The number of anilines is 1. The molecule has 3 heterocycles. The molecule has 3 N–H and O–H groups in total. The van der Waals surface area contributed by atoms with Crippen LogP contribution in [0, 0.1) is 5.92 Å². The highest BCUT2D eigenvalue weighted by Gasteiger charge is 2.27. The van der Waals surface area contributed by atoms with E-state index in [1.807, 2.05) is 6.20 Å². The van der Waals surface area contributed by atoms with Gasteiger partial charge in [0.15, 0.2) is 11.4 Å². The van der Waals surface area contributed by atoms with Crippen molar-refractivity contribution < 1.29 is 4.79 Å². The minimum atomic E-state index is -0.0418. The Bertz CT molecular complexity index is 1180. The van der Waals surface area contributed by atoms with Crippen LogP contribution in [-0.2, 0) is 0 Å². The van der Waals surface area contributed by atoms with Gasteiger partial charge in [-0.25, -0.2) is 4.98 Å². The Morgan fingerprint density at radius 1 is 1.15 bits per heavy atom.